The van der Waals surface area contributed by atoms with Gasteiger partial charge >= 0.3 is 19.8 Å². The number of esters is 2. The Hall–Kier alpha value is -2.29. The van der Waals surface area contributed by atoms with Crippen LogP contribution >= 0.6 is 7.82 Å². The fraction of sp³-hybridized carbons (Fsp3) is 0.714. The molecule has 1 heterocycles. The van der Waals surface area contributed by atoms with Gasteiger partial charge in [-0.1, -0.05) is 126 Å². The molecule has 0 bridgehead atoms. The third kappa shape index (κ3) is 32.4. The molecule has 9 nitrogen and oxygen atoms in total. The van der Waals surface area contributed by atoms with E-state index < -0.39 is 32.5 Å². The third-order valence-corrected chi connectivity index (χ3v) is 9.15. The number of hydrogen-bond acceptors (Lipinski definition) is 7. The predicted octanol–water partition coefficient (Wildman–Crippen LogP) is 11.1. The number of phosphoric acid groups is 1. The lowest BCUT2D eigenvalue weighted by Gasteiger charge is -2.18. The summed E-state index contributed by atoms with van der Waals surface area (Å²) in [5.74, 6) is -0.973. The minimum absolute atomic E-state index is 0.126. The molecule has 0 amide bonds. The van der Waals surface area contributed by atoms with Gasteiger partial charge in [-0.05, 0) is 83.5 Å². The number of ether oxygens (including phenoxy) is 3. The Morgan fingerprint density at radius 1 is 0.596 bits per heavy atom. The number of allylic oxidation sites excluding steroid dienone is 8. The summed E-state index contributed by atoms with van der Waals surface area (Å²) in [4.78, 5) is 42.8. The minimum Gasteiger partial charge on any atom is -0.462 e. The Morgan fingerprint density at radius 3 is 1.63 bits per heavy atom. The van der Waals surface area contributed by atoms with E-state index in [0.717, 1.165) is 64.2 Å². The van der Waals surface area contributed by atoms with Gasteiger partial charge in [0.05, 0.1) is 18.8 Å². The SMILES string of the molecule is CCCCC/C=C\C/C=C\CCCCCCCCC(=O)OC[C@H](COP(=O)(O)O)OC(=O)CCC/C=C\C/C=C\CC1OC1C/C=C\CCCCC. The highest BCUT2D eigenvalue weighted by Gasteiger charge is 2.36. The topological polar surface area (TPSA) is 132 Å². The van der Waals surface area contributed by atoms with Crippen LogP contribution in [0.25, 0.3) is 0 Å². The second-order valence-corrected chi connectivity index (χ2v) is 14.9. The van der Waals surface area contributed by atoms with Gasteiger partial charge in [0.25, 0.3) is 0 Å². The van der Waals surface area contributed by atoms with Crippen LogP contribution in [0.2, 0.25) is 0 Å². The van der Waals surface area contributed by atoms with E-state index in [4.69, 9.17) is 24.0 Å². The zero-order valence-corrected chi connectivity index (χ0v) is 33.3. The number of carbonyl (C=O) groups is 2. The first-order valence-corrected chi connectivity index (χ1v) is 21.7. The smallest absolute Gasteiger partial charge is 0.462 e. The Balaban J connectivity index is 2.13. The van der Waals surface area contributed by atoms with Gasteiger partial charge in [-0.15, -0.1) is 0 Å². The first-order valence-electron chi connectivity index (χ1n) is 20.2. The Bertz CT molecular complexity index is 1090. The lowest BCUT2D eigenvalue weighted by Crippen LogP contribution is -2.29. The van der Waals surface area contributed by atoms with Crippen LogP contribution in [0.1, 0.15) is 162 Å². The summed E-state index contributed by atoms with van der Waals surface area (Å²) in [6, 6.07) is 0. The maximum atomic E-state index is 12.4. The minimum atomic E-state index is -4.78. The number of phosphoric ester groups is 1. The maximum absolute atomic E-state index is 12.4. The summed E-state index contributed by atoms with van der Waals surface area (Å²) in [5, 5.41) is 0. The van der Waals surface area contributed by atoms with Crippen molar-refractivity contribution in [1.29, 1.82) is 0 Å². The number of hydrogen-bond donors (Lipinski definition) is 2. The van der Waals surface area contributed by atoms with Gasteiger partial charge in [0.1, 0.15) is 6.61 Å². The maximum Gasteiger partial charge on any atom is 0.469 e. The lowest BCUT2D eigenvalue weighted by molar-refractivity contribution is -0.161. The standard InChI is InChI=1S/C42H71O9P/c1-3-5-7-9-11-12-13-14-15-16-17-18-19-22-26-30-34-41(43)48-36-38(37-49-52(45,46)47)50-42(44)35-31-27-23-20-21-25-29-33-40-39(51-40)32-28-24-10-8-6-4-2/h11-12,14-15,20,23-25,28-29,38-40H,3-10,13,16-19,21-22,26-27,30-37H2,1-2H3,(H2,45,46,47)/b12-11-,15-14-,23-20-,28-24-,29-25-/t38-,39?,40?/m1/s1. The van der Waals surface area contributed by atoms with E-state index in [9.17, 15) is 14.2 Å². The molecule has 1 rings (SSSR count). The summed E-state index contributed by atoms with van der Waals surface area (Å²) in [6.45, 7) is 3.56. The first-order chi connectivity index (χ1) is 25.2. The van der Waals surface area contributed by atoms with Crippen molar-refractivity contribution in [3.8, 4) is 0 Å². The van der Waals surface area contributed by atoms with Crippen LogP contribution in [-0.2, 0) is 32.9 Å². The molecule has 0 aromatic carbocycles. The normalized spacial score (nSPS) is 17.0. The molecule has 1 fully saturated rings. The van der Waals surface area contributed by atoms with Gasteiger partial charge in [-0.3, -0.25) is 14.1 Å². The molecule has 2 unspecified atom stereocenters. The molecule has 0 aromatic heterocycles. The molecule has 0 aromatic rings. The van der Waals surface area contributed by atoms with Crippen LogP contribution in [0.3, 0.4) is 0 Å². The second kappa shape index (κ2) is 33.3. The molecule has 298 valence electrons. The van der Waals surface area contributed by atoms with E-state index >= 15 is 0 Å². The molecular formula is C42H71O9P. The van der Waals surface area contributed by atoms with Crippen LogP contribution in [0.5, 0.6) is 0 Å². The monoisotopic (exact) mass is 750 g/mol. The van der Waals surface area contributed by atoms with Crippen LogP contribution in [0, 0.1) is 0 Å². The summed E-state index contributed by atoms with van der Waals surface area (Å²) in [5.41, 5.74) is 0. The zero-order valence-electron chi connectivity index (χ0n) is 32.4. The lowest BCUT2D eigenvalue weighted by atomic mass is 10.1. The highest BCUT2D eigenvalue weighted by atomic mass is 31.2. The highest BCUT2D eigenvalue weighted by molar-refractivity contribution is 7.46. The molecular weight excluding hydrogens is 679 g/mol. The molecule has 2 N–H and O–H groups in total. The number of rotatable bonds is 35. The first kappa shape index (κ1) is 47.7. The average Bonchev–Trinajstić information content (AvgIpc) is 3.87. The number of epoxide rings is 1. The predicted molar refractivity (Wildman–Crippen MR) is 211 cm³/mol. The highest BCUT2D eigenvalue weighted by Crippen LogP contribution is 2.36. The van der Waals surface area contributed by atoms with Gasteiger partial charge in [0.15, 0.2) is 6.10 Å². The van der Waals surface area contributed by atoms with Crippen molar-refractivity contribution in [2.45, 2.75) is 180 Å². The fourth-order valence-corrected chi connectivity index (χ4v) is 5.85. The van der Waals surface area contributed by atoms with E-state index in [1.165, 1.54) is 51.4 Å². The molecule has 0 radical (unpaired) electrons. The molecule has 3 atom stereocenters. The summed E-state index contributed by atoms with van der Waals surface area (Å²) >= 11 is 0. The molecule has 1 aliphatic heterocycles. The molecule has 0 spiro atoms. The van der Waals surface area contributed by atoms with E-state index in [1.54, 1.807) is 0 Å². The van der Waals surface area contributed by atoms with Gasteiger partial charge in [0, 0.05) is 12.8 Å². The number of carbonyl (C=O) groups excluding carboxylic acids is 2. The van der Waals surface area contributed by atoms with Crippen molar-refractivity contribution in [2.24, 2.45) is 0 Å². The summed E-state index contributed by atoms with van der Waals surface area (Å²) in [6.07, 6.45) is 44.0. The second-order valence-electron chi connectivity index (χ2n) is 13.6. The van der Waals surface area contributed by atoms with Gasteiger partial charge in [-0.2, -0.15) is 0 Å². The quantitative estimate of drug-likeness (QED) is 0.0213. The van der Waals surface area contributed by atoms with Crippen LogP contribution < -0.4 is 0 Å². The van der Waals surface area contributed by atoms with Crippen LogP contribution in [0.15, 0.2) is 60.8 Å². The Kier molecular flexibility index (Phi) is 30.6. The van der Waals surface area contributed by atoms with E-state index in [-0.39, 0.29) is 19.4 Å². The summed E-state index contributed by atoms with van der Waals surface area (Å²) in [7, 11) is -4.78. The molecule has 0 saturated carbocycles. The Labute approximate surface area is 315 Å². The molecule has 10 heteroatoms. The van der Waals surface area contributed by atoms with Crippen molar-refractivity contribution >= 4 is 19.8 Å². The molecule has 0 aliphatic carbocycles. The van der Waals surface area contributed by atoms with Gasteiger partial charge in [0.2, 0.25) is 0 Å². The molecule has 52 heavy (non-hydrogen) atoms. The molecule has 1 aliphatic rings. The van der Waals surface area contributed by atoms with Crippen molar-refractivity contribution in [3.05, 3.63) is 60.8 Å². The van der Waals surface area contributed by atoms with E-state index in [2.05, 4.69) is 73.1 Å². The van der Waals surface area contributed by atoms with E-state index in [1.807, 2.05) is 6.08 Å². The zero-order chi connectivity index (χ0) is 38.0. The summed E-state index contributed by atoms with van der Waals surface area (Å²) < 4.78 is 32.0. The number of unbranched alkanes of at least 4 members (excludes halogenated alkanes) is 13. The van der Waals surface area contributed by atoms with E-state index in [0.29, 0.717) is 31.5 Å². The average molecular weight is 751 g/mol. The van der Waals surface area contributed by atoms with Crippen molar-refractivity contribution in [1.82, 2.24) is 0 Å². The van der Waals surface area contributed by atoms with Crippen molar-refractivity contribution in [2.75, 3.05) is 13.2 Å². The van der Waals surface area contributed by atoms with Gasteiger partial charge in [-0.25, -0.2) is 4.57 Å². The largest absolute Gasteiger partial charge is 0.469 e. The fourth-order valence-electron chi connectivity index (χ4n) is 5.49. The van der Waals surface area contributed by atoms with Crippen molar-refractivity contribution < 1.29 is 42.7 Å². The van der Waals surface area contributed by atoms with Crippen molar-refractivity contribution in [3.63, 3.8) is 0 Å². The molecule has 1 saturated heterocycles. The van der Waals surface area contributed by atoms with Crippen LogP contribution in [-0.4, -0.2) is 53.3 Å². The van der Waals surface area contributed by atoms with Gasteiger partial charge < -0.3 is 24.0 Å². The Morgan fingerprint density at radius 2 is 1.06 bits per heavy atom. The van der Waals surface area contributed by atoms with Crippen LogP contribution in [0.4, 0.5) is 0 Å². The third-order valence-electron chi connectivity index (χ3n) is 8.66.